The molecule has 4 heteroatoms. The number of ether oxygens (including phenoxy) is 1. The average molecular weight is 372 g/mol. The number of benzene rings is 1. The van der Waals surface area contributed by atoms with Crippen LogP contribution >= 0.6 is 11.3 Å². The van der Waals surface area contributed by atoms with Gasteiger partial charge in [-0.1, -0.05) is 37.3 Å². The Kier molecular flexibility index (Phi) is 5.20. The third kappa shape index (κ3) is 3.36. The lowest BCUT2D eigenvalue weighted by atomic mass is 9.79. The molecule has 1 aromatic carbocycles. The molecule has 0 unspecified atom stereocenters. The minimum atomic E-state index is -0.427. The summed E-state index contributed by atoms with van der Waals surface area (Å²) in [6, 6.07) is 12.8. The summed E-state index contributed by atoms with van der Waals surface area (Å²) in [4.78, 5) is 5.45. The second-order valence-corrected chi connectivity index (χ2v) is 8.94. The Morgan fingerprint density at radius 2 is 2.15 bits per heavy atom. The number of rotatable bonds is 4. The fourth-order valence-corrected chi connectivity index (χ4v) is 5.73. The number of aryl methyl sites for hydroxylation is 1. The van der Waals surface area contributed by atoms with Crippen molar-refractivity contribution in [3.05, 3.63) is 57.3 Å². The van der Waals surface area contributed by atoms with Crippen LogP contribution in [-0.4, -0.2) is 35.7 Å². The minimum absolute atomic E-state index is 0.106. The normalized spacial score (nSPS) is 27.4. The summed E-state index contributed by atoms with van der Waals surface area (Å²) in [7, 11) is 0. The van der Waals surface area contributed by atoms with Gasteiger partial charge in [0.05, 0.1) is 18.3 Å². The summed E-state index contributed by atoms with van der Waals surface area (Å²) >= 11 is 1.98. The fraction of sp³-hybridized carbons (Fsp3) is 0.545. The van der Waals surface area contributed by atoms with Crippen molar-refractivity contribution in [3.8, 4) is 0 Å². The van der Waals surface area contributed by atoms with Crippen LogP contribution in [0.2, 0.25) is 0 Å². The smallest absolute Gasteiger partial charge is 0.0969 e. The van der Waals surface area contributed by atoms with E-state index in [-0.39, 0.29) is 5.60 Å². The van der Waals surface area contributed by atoms with Crippen LogP contribution in [0.25, 0.3) is 0 Å². The van der Waals surface area contributed by atoms with E-state index < -0.39 is 6.10 Å². The van der Waals surface area contributed by atoms with Crippen LogP contribution in [0.5, 0.6) is 0 Å². The van der Waals surface area contributed by atoms with Gasteiger partial charge in [0, 0.05) is 35.3 Å². The predicted octanol–water partition coefficient (Wildman–Crippen LogP) is 4.30. The van der Waals surface area contributed by atoms with Crippen LogP contribution in [0, 0.1) is 0 Å². The van der Waals surface area contributed by atoms with Crippen LogP contribution in [0.1, 0.15) is 53.7 Å². The largest absolute Gasteiger partial charge is 0.387 e. The van der Waals surface area contributed by atoms with Crippen LogP contribution in [0.4, 0.5) is 0 Å². The van der Waals surface area contributed by atoms with E-state index in [1.165, 1.54) is 15.3 Å². The highest BCUT2D eigenvalue weighted by atomic mass is 32.1. The van der Waals surface area contributed by atoms with Crippen molar-refractivity contribution in [3.63, 3.8) is 0 Å². The standard InChI is InChI=1S/C22H29NO2S/c1-3-18-13-19-21(26-18)9-12-25-22(19)10-11-23(16(2)14-22)15-20(24)17-7-5-4-6-8-17/h4-8,13,16,20,24H,3,9-12,14-15H2,1-2H3/t16-,20+,22+/m0/s1. The molecule has 0 amide bonds. The summed E-state index contributed by atoms with van der Waals surface area (Å²) in [5.74, 6) is 0. The Morgan fingerprint density at radius 1 is 1.35 bits per heavy atom. The van der Waals surface area contributed by atoms with Gasteiger partial charge in [0.15, 0.2) is 0 Å². The third-order valence-electron chi connectivity index (χ3n) is 6.05. The van der Waals surface area contributed by atoms with Gasteiger partial charge in [-0.05, 0) is 43.4 Å². The summed E-state index contributed by atoms with van der Waals surface area (Å²) in [5.41, 5.74) is 2.35. The molecule has 1 saturated heterocycles. The number of likely N-dealkylation sites (tertiary alicyclic amines) is 1. The van der Waals surface area contributed by atoms with Crippen LogP contribution in [0.3, 0.4) is 0 Å². The number of hydrogen-bond acceptors (Lipinski definition) is 4. The lowest BCUT2D eigenvalue weighted by Gasteiger charge is -2.47. The molecule has 4 rings (SSSR count). The number of aliphatic hydroxyl groups is 1. The molecule has 1 fully saturated rings. The monoisotopic (exact) mass is 371 g/mol. The summed E-state index contributed by atoms with van der Waals surface area (Å²) in [6.07, 6.45) is 3.78. The van der Waals surface area contributed by atoms with E-state index in [1.54, 1.807) is 0 Å². The van der Waals surface area contributed by atoms with E-state index in [0.29, 0.717) is 12.6 Å². The molecule has 2 aliphatic rings. The minimum Gasteiger partial charge on any atom is -0.387 e. The van der Waals surface area contributed by atoms with Gasteiger partial charge < -0.3 is 9.84 Å². The Balaban J connectivity index is 1.48. The zero-order valence-electron chi connectivity index (χ0n) is 15.8. The maximum Gasteiger partial charge on any atom is 0.0969 e. The van der Waals surface area contributed by atoms with Crippen molar-refractivity contribution < 1.29 is 9.84 Å². The highest BCUT2D eigenvalue weighted by molar-refractivity contribution is 7.12. The number of β-amino-alcohol motifs (C(OH)–C–C–N with tert-alkyl or cyclic N) is 1. The first-order valence-corrected chi connectivity index (χ1v) is 10.7. The second kappa shape index (κ2) is 7.43. The summed E-state index contributed by atoms with van der Waals surface area (Å²) in [5, 5.41) is 10.6. The molecule has 1 spiro atoms. The van der Waals surface area contributed by atoms with E-state index >= 15 is 0 Å². The fourth-order valence-electron chi connectivity index (χ4n) is 4.55. The molecular weight excluding hydrogens is 342 g/mol. The van der Waals surface area contributed by atoms with Crippen LogP contribution < -0.4 is 0 Å². The Hall–Kier alpha value is -1.20. The summed E-state index contributed by atoms with van der Waals surface area (Å²) in [6.45, 7) is 7.03. The maximum absolute atomic E-state index is 10.6. The SMILES string of the molecule is CCc1cc2c(s1)CCO[C@@]21CCN(C[C@@H](O)c2ccccc2)[C@@H](C)C1. The van der Waals surface area contributed by atoms with E-state index in [2.05, 4.69) is 24.8 Å². The molecule has 3 nitrogen and oxygen atoms in total. The molecule has 1 aromatic heterocycles. The van der Waals surface area contributed by atoms with Crippen molar-refractivity contribution in [2.24, 2.45) is 0 Å². The molecule has 3 heterocycles. The molecule has 2 aliphatic heterocycles. The van der Waals surface area contributed by atoms with Gasteiger partial charge in [0.1, 0.15) is 0 Å². The van der Waals surface area contributed by atoms with Gasteiger partial charge in [0.2, 0.25) is 0 Å². The van der Waals surface area contributed by atoms with Gasteiger partial charge in [-0.3, -0.25) is 4.90 Å². The lowest BCUT2D eigenvalue weighted by molar-refractivity contribution is -0.114. The summed E-state index contributed by atoms with van der Waals surface area (Å²) < 4.78 is 6.42. The average Bonchev–Trinajstić information content (AvgIpc) is 3.10. The number of piperidine rings is 1. The quantitative estimate of drug-likeness (QED) is 0.870. The number of aliphatic hydroxyl groups excluding tert-OH is 1. The molecule has 0 saturated carbocycles. The van der Waals surface area contributed by atoms with Crippen molar-refractivity contribution in [2.75, 3.05) is 19.7 Å². The topological polar surface area (TPSA) is 32.7 Å². The third-order valence-corrected chi connectivity index (χ3v) is 7.39. The van der Waals surface area contributed by atoms with Gasteiger partial charge in [0.25, 0.3) is 0 Å². The lowest BCUT2D eigenvalue weighted by Crippen LogP contribution is -2.51. The molecule has 0 radical (unpaired) electrons. The van der Waals surface area contributed by atoms with E-state index in [9.17, 15) is 5.11 Å². The van der Waals surface area contributed by atoms with Gasteiger partial charge in [-0.15, -0.1) is 11.3 Å². The first-order chi connectivity index (χ1) is 12.6. The number of hydrogen-bond donors (Lipinski definition) is 1. The first-order valence-electron chi connectivity index (χ1n) is 9.84. The van der Waals surface area contributed by atoms with E-state index in [1.807, 2.05) is 41.7 Å². The van der Waals surface area contributed by atoms with E-state index in [0.717, 1.165) is 44.4 Å². The Bertz CT molecular complexity index is 744. The first kappa shape index (κ1) is 18.2. The van der Waals surface area contributed by atoms with Crippen molar-refractivity contribution in [1.29, 1.82) is 0 Å². The van der Waals surface area contributed by atoms with Crippen LogP contribution in [-0.2, 0) is 23.2 Å². The molecule has 2 aromatic rings. The highest BCUT2D eigenvalue weighted by Crippen LogP contribution is 2.46. The number of thiophene rings is 1. The Morgan fingerprint density at radius 3 is 2.88 bits per heavy atom. The molecule has 0 bridgehead atoms. The molecular formula is C22H29NO2S. The predicted molar refractivity (Wildman–Crippen MR) is 107 cm³/mol. The molecule has 3 atom stereocenters. The van der Waals surface area contributed by atoms with Gasteiger partial charge in [-0.25, -0.2) is 0 Å². The molecule has 140 valence electrons. The molecule has 26 heavy (non-hydrogen) atoms. The van der Waals surface area contributed by atoms with Gasteiger partial charge in [-0.2, -0.15) is 0 Å². The second-order valence-electron chi connectivity index (χ2n) is 7.72. The molecule has 1 N–H and O–H groups in total. The van der Waals surface area contributed by atoms with Crippen molar-refractivity contribution in [2.45, 2.75) is 57.3 Å². The van der Waals surface area contributed by atoms with Crippen LogP contribution in [0.15, 0.2) is 36.4 Å². The van der Waals surface area contributed by atoms with Crippen molar-refractivity contribution in [1.82, 2.24) is 4.90 Å². The number of nitrogens with zero attached hydrogens (tertiary/aromatic N) is 1. The van der Waals surface area contributed by atoms with Gasteiger partial charge >= 0.3 is 0 Å². The Labute approximate surface area is 160 Å². The number of fused-ring (bicyclic) bond motifs is 2. The highest BCUT2D eigenvalue weighted by Gasteiger charge is 2.44. The van der Waals surface area contributed by atoms with Crippen molar-refractivity contribution >= 4 is 11.3 Å². The molecule has 0 aliphatic carbocycles. The maximum atomic E-state index is 10.6. The zero-order valence-corrected chi connectivity index (χ0v) is 16.6. The van der Waals surface area contributed by atoms with E-state index in [4.69, 9.17) is 4.74 Å². The zero-order chi connectivity index (χ0) is 18.1.